The lowest BCUT2D eigenvalue weighted by Gasteiger charge is -2.21. The van der Waals surface area contributed by atoms with E-state index in [1.54, 1.807) is 0 Å². The SMILES string of the molecule is CC.COc1ncnc2c1ncn2C1OC(OCP(Oc2ccccc2)Oc2ccccc2)CC1F. The summed E-state index contributed by atoms with van der Waals surface area (Å²) in [4.78, 5) is 12.5. The zero-order valence-corrected chi connectivity index (χ0v) is 21.1. The minimum atomic E-state index is -1.52. The third kappa shape index (κ3) is 6.07. The first kappa shape index (κ1) is 25.8. The van der Waals surface area contributed by atoms with Crippen molar-refractivity contribution in [2.75, 3.05) is 13.5 Å². The first-order valence-electron chi connectivity index (χ1n) is 11.6. The molecule has 190 valence electrons. The van der Waals surface area contributed by atoms with E-state index in [2.05, 4.69) is 15.0 Å². The van der Waals surface area contributed by atoms with Crippen LogP contribution in [0.4, 0.5) is 4.39 Å². The second kappa shape index (κ2) is 12.6. The van der Waals surface area contributed by atoms with Gasteiger partial charge in [-0.15, -0.1) is 0 Å². The van der Waals surface area contributed by atoms with Crippen LogP contribution in [0, 0.1) is 0 Å². The van der Waals surface area contributed by atoms with Crippen molar-refractivity contribution in [3.05, 3.63) is 73.3 Å². The van der Waals surface area contributed by atoms with E-state index in [9.17, 15) is 4.39 Å². The molecule has 0 aliphatic carbocycles. The molecule has 0 saturated carbocycles. The fourth-order valence-corrected chi connectivity index (χ4v) is 4.67. The van der Waals surface area contributed by atoms with Gasteiger partial charge in [0.1, 0.15) is 24.2 Å². The van der Waals surface area contributed by atoms with Gasteiger partial charge in [-0.05, 0) is 24.3 Å². The van der Waals surface area contributed by atoms with Gasteiger partial charge in [0.15, 0.2) is 29.9 Å². The number of hydrogen-bond acceptors (Lipinski definition) is 8. The summed E-state index contributed by atoms with van der Waals surface area (Å²) in [5.74, 6) is 1.62. The van der Waals surface area contributed by atoms with Crippen LogP contribution in [0.25, 0.3) is 11.2 Å². The first-order valence-corrected chi connectivity index (χ1v) is 12.9. The van der Waals surface area contributed by atoms with Crippen molar-refractivity contribution in [3.63, 3.8) is 0 Å². The number of para-hydroxylation sites is 2. The molecule has 3 atom stereocenters. The zero-order valence-electron chi connectivity index (χ0n) is 20.2. The topological polar surface area (TPSA) is 89.8 Å². The van der Waals surface area contributed by atoms with Crippen molar-refractivity contribution in [2.45, 2.75) is 39.0 Å². The van der Waals surface area contributed by atoms with Crippen LogP contribution in [0.15, 0.2) is 73.3 Å². The van der Waals surface area contributed by atoms with Crippen LogP contribution in [0.1, 0.15) is 26.5 Å². The van der Waals surface area contributed by atoms with Crippen LogP contribution < -0.4 is 13.8 Å². The van der Waals surface area contributed by atoms with Crippen LogP contribution in [-0.2, 0) is 9.47 Å². The third-order valence-corrected chi connectivity index (χ3v) is 6.27. The smallest absolute Gasteiger partial charge is 0.318 e. The summed E-state index contributed by atoms with van der Waals surface area (Å²) in [6, 6.07) is 18.6. The van der Waals surface area contributed by atoms with Gasteiger partial charge < -0.3 is 23.3 Å². The summed E-state index contributed by atoms with van der Waals surface area (Å²) in [7, 11) is -0.0307. The quantitative estimate of drug-likeness (QED) is 0.256. The molecule has 1 aliphatic heterocycles. The van der Waals surface area contributed by atoms with Gasteiger partial charge in [-0.3, -0.25) is 4.57 Å². The molecule has 3 unspecified atom stereocenters. The van der Waals surface area contributed by atoms with Gasteiger partial charge in [0.05, 0.1) is 13.4 Å². The average Bonchev–Trinajstić information content (AvgIpc) is 3.52. The van der Waals surface area contributed by atoms with E-state index in [4.69, 9.17) is 23.3 Å². The summed E-state index contributed by atoms with van der Waals surface area (Å²) >= 11 is 0. The second-order valence-corrected chi connectivity index (χ2v) is 8.64. The lowest BCUT2D eigenvalue weighted by atomic mass is 10.3. The van der Waals surface area contributed by atoms with Gasteiger partial charge in [0.25, 0.3) is 0 Å². The van der Waals surface area contributed by atoms with E-state index < -0.39 is 27.1 Å². The van der Waals surface area contributed by atoms with Crippen molar-refractivity contribution in [1.82, 2.24) is 19.5 Å². The maximum atomic E-state index is 14.9. The van der Waals surface area contributed by atoms with Gasteiger partial charge in [-0.2, -0.15) is 4.98 Å². The Hall–Kier alpha value is -3.33. The summed E-state index contributed by atoms with van der Waals surface area (Å²) in [5.41, 5.74) is 0.850. The molecular formula is C25H28FN4O5P. The van der Waals surface area contributed by atoms with Crippen molar-refractivity contribution in [2.24, 2.45) is 0 Å². The highest BCUT2D eigenvalue weighted by Gasteiger charge is 2.39. The van der Waals surface area contributed by atoms with E-state index >= 15 is 0 Å². The Bertz CT molecular complexity index is 1180. The number of methoxy groups -OCH3 is 1. The van der Waals surface area contributed by atoms with Gasteiger partial charge in [0.2, 0.25) is 5.88 Å². The predicted octanol–water partition coefficient (Wildman–Crippen LogP) is 5.89. The number of benzene rings is 2. The third-order valence-electron chi connectivity index (χ3n) is 5.08. The fourth-order valence-electron chi connectivity index (χ4n) is 3.52. The number of nitrogens with zero attached hydrogens (tertiary/aromatic N) is 4. The Kier molecular flexibility index (Phi) is 9.00. The fraction of sp³-hybridized carbons (Fsp3) is 0.320. The highest BCUT2D eigenvalue weighted by atomic mass is 31.2. The monoisotopic (exact) mass is 514 g/mol. The summed E-state index contributed by atoms with van der Waals surface area (Å²) < 4.78 is 45.5. The molecule has 3 heterocycles. The van der Waals surface area contributed by atoms with Crippen LogP contribution in [0.5, 0.6) is 17.4 Å². The largest absolute Gasteiger partial charge is 0.479 e. The highest BCUT2D eigenvalue weighted by molar-refractivity contribution is 7.47. The lowest BCUT2D eigenvalue weighted by molar-refractivity contribution is -0.142. The van der Waals surface area contributed by atoms with Gasteiger partial charge in [-0.25, -0.2) is 14.4 Å². The molecule has 0 spiro atoms. The Labute approximate surface area is 210 Å². The van der Waals surface area contributed by atoms with Gasteiger partial charge in [0, 0.05) is 6.42 Å². The number of alkyl halides is 1. The van der Waals surface area contributed by atoms with Crippen molar-refractivity contribution in [3.8, 4) is 17.4 Å². The van der Waals surface area contributed by atoms with Crippen LogP contribution >= 0.6 is 8.38 Å². The van der Waals surface area contributed by atoms with Crippen molar-refractivity contribution in [1.29, 1.82) is 0 Å². The molecule has 1 fully saturated rings. The van der Waals surface area contributed by atoms with E-state index in [1.165, 1.54) is 24.3 Å². The van der Waals surface area contributed by atoms with Gasteiger partial charge in [-0.1, -0.05) is 50.2 Å². The molecule has 11 heteroatoms. The number of aromatic nitrogens is 4. The molecule has 36 heavy (non-hydrogen) atoms. The zero-order chi connectivity index (χ0) is 25.3. The normalized spacial score (nSPS) is 19.1. The Morgan fingerprint density at radius 3 is 2.22 bits per heavy atom. The van der Waals surface area contributed by atoms with E-state index in [0.29, 0.717) is 28.5 Å². The Morgan fingerprint density at radius 2 is 1.61 bits per heavy atom. The standard InChI is InChI=1S/C23H22FN4O5P.C2H6/c1-29-22-20-21(25-13-26-22)28(14-27-20)23-18(24)12-19(31-23)30-15-34(32-16-8-4-2-5-9-16)33-17-10-6-3-7-11-17;1-2/h2-11,13-14,18-19,23H,12,15H2,1H3;1-2H3. The number of halogens is 1. The Balaban J connectivity index is 0.00000148. The van der Waals surface area contributed by atoms with E-state index in [0.717, 1.165) is 0 Å². The number of hydrogen-bond donors (Lipinski definition) is 0. The molecule has 1 saturated heterocycles. The predicted molar refractivity (Wildman–Crippen MR) is 134 cm³/mol. The number of fused-ring (bicyclic) bond motifs is 1. The van der Waals surface area contributed by atoms with E-state index in [-0.39, 0.29) is 12.8 Å². The summed E-state index contributed by atoms with van der Waals surface area (Å²) in [6.45, 7) is 4.00. The molecule has 2 aromatic carbocycles. The summed E-state index contributed by atoms with van der Waals surface area (Å²) in [6.07, 6.45) is -0.109. The molecule has 0 N–H and O–H groups in total. The van der Waals surface area contributed by atoms with Crippen LogP contribution in [-0.4, -0.2) is 45.4 Å². The molecule has 4 aromatic rings. The molecule has 2 aromatic heterocycles. The molecule has 0 radical (unpaired) electrons. The number of ether oxygens (including phenoxy) is 3. The second-order valence-electron chi connectivity index (χ2n) is 7.35. The number of rotatable bonds is 9. The molecular weight excluding hydrogens is 486 g/mol. The van der Waals surface area contributed by atoms with Crippen molar-refractivity contribution < 1.29 is 27.6 Å². The first-order chi connectivity index (χ1) is 17.7. The van der Waals surface area contributed by atoms with Gasteiger partial charge >= 0.3 is 8.38 Å². The molecule has 0 bridgehead atoms. The van der Waals surface area contributed by atoms with Crippen molar-refractivity contribution >= 4 is 19.5 Å². The highest BCUT2D eigenvalue weighted by Crippen LogP contribution is 2.42. The molecule has 1 aliphatic rings. The lowest BCUT2D eigenvalue weighted by Crippen LogP contribution is -2.17. The summed E-state index contributed by atoms with van der Waals surface area (Å²) in [5, 5.41) is 0. The van der Waals surface area contributed by atoms with Crippen LogP contribution in [0.2, 0.25) is 0 Å². The van der Waals surface area contributed by atoms with E-state index in [1.807, 2.05) is 74.5 Å². The average molecular weight is 514 g/mol. The Morgan fingerprint density at radius 1 is 0.972 bits per heavy atom. The minimum Gasteiger partial charge on any atom is -0.479 e. The molecule has 5 rings (SSSR count). The maximum absolute atomic E-state index is 14.9. The number of imidazole rings is 1. The van der Waals surface area contributed by atoms with Crippen LogP contribution in [0.3, 0.4) is 0 Å². The molecule has 9 nitrogen and oxygen atoms in total. The molecule has 0 amide bonds. The minimum absolute atomic E-state index is 0.0480. The maximum Gasteiger partial charge on any atom is 0.318 e.